The lowest BCUT2D eigenvalue weighted by atomic mass is 9.49. The molecule has 0 saturated heterocycles. The molecule has 0 radical (unpaired) electrons. The van der Waals surface area contributed by atoms with Gasteiger partial charge in [0.15, 0.2) is 5.82 Å². The van der Waals surface area contributed by atoms with E-state index < -0.39 is 12.1 Å². The molecule has 7 heteroatoms. The Labute approximate surface area is 187 Å². The van der Waals surface area contributed by atoms with Gasteiger partial charge in [-0.1, -0.05) is 23.4 Å². The Kier molecular flexibility index (Phi) is 4.56. The normalized spacial score (nSPS) is 29.5. The van der Waals surface area contributed by atoms with Gasteiger partial charge in [0.1, 0.15) is 6.04 Å². The summed E-state index contributed by atoms with van der Waals surface area (Å²) in [6.45, 7) is 0. The molecule has 2 aromatic heterocycles. The van der Waals surface area contributed by atoms with Crippen LogP contribution in [-0.2, 0) is 19.9 Å². The van der Waals surface area contributed by atoms with E-state index >= 15 is 0 Å². The van der Waals surface area contributed by atoms with Crippen LogP contribution in [0.3, 0.4) is 0 Å². The molecule has 0 spiro atoms. The second-order valence-electron chi connectivity index (χ2n) is 10.6. The minimum Gasteiger partial charge on any atom is -0.465 e. The maximum atomic E-state index is 11.5. The number of benzene rings is 1. The number of fused-ring (bicyclic) bond motifs is 1. The SMILES string of the molecule is Cn1cc(CC(NC(=O)O)c2nc(CC34CC5CC(CC(C5)C3)C4)no2)c2ccccc21. The summed E-state index contributed by atoms with van der Waals surface area (Å²) in [6.07, 6.45) is 10.4. The van der Waals surface area contributed by atoms with Crippen LogP contribution >= 0.6 is 0 Å². The van der Waals surface area contributed by atoms with E-state index in [1.54, 1.807) is 0 Å². The van der Waals surface area contributed by atoms with Crippen LogP contribution in [0.25, 0.3) is 10.9 Å². The smallest absolute Gasteiger partial charge is 0.405 e. The van der Waals surface area contributed by atoms with Crippen molar-refractivity contribution in [3.05, 3.63) is 47.7 Å². The van der Waals surface area contributed by atoms with Gasteiger partial charge in [0, 0.05) is 37.0 Å². The van der Waals surface area contributed by atoms with Crippen molar-refractivity contribution < 1.29 is 14.4 Å². The summed E-state index contributed by atoms with van der Waals surface area (Å²) in [4.78, 5) is 16.3. The maximum absolute atomic E-state index is 11.5. The molecular weight excluding hydrogens is 404 g/mol. The van der Waals surface area contributed by atoms with E-state index in [1.807, 2.05) is 25.4 Å². The zero-order valence-electron chi connectivity index (χ0n) is 18.5. The minimum absolute atomic E-state index is 0.321. The quantitative estimate of drug-likeness (QED) is 0.577. The first-order chi connectivity index (χ1) is 15.5. The molecule has 2 N–H and O–H groups in total. The Balaban J connectivity index is 1.25. The van der Waals surface area contributed by atoms with Gasteiger partial charge in [0.25, 0.3) is 0 Å². The molecule has 4 aliphatic rings. The van der Waals surface area contributed by atoms with Crippen LogP contribution in [0.4, 0.5) is 4.79 Å². The third kappa shape index (κ3) is 3.48. The van der Waals surface area contributed by atoms with Gasteiger partial charge in [0.2, 0.25) is 5.89 Å². The van der Waals surface area contributed by atoms with Crippen LogP contribution in [-0.4, -0.2) is 25.9 Å². The van der Waals surface area contributed by atoms with Crippen molar-refractivity contribution in [1.82, 2.24) is 20.0 Å². The van der Waals surface area contributed by atoms with Crippen molar-refractivity contribution in [2.24, 2.45) is 30.2 Å². The summed E-state index contributed by atoms with van der Waals surface area (Å²) < 4.78 is 7.70. The highest BCUT2D eigenvalue weighted by atomic mass is 16.5. The average molecular weight is 435 g/mol. The molecule has 7 nitrogen and oxygen atoms in total. The number of aryl methyl sites for hydroxylation is 1. The lowest BCUT2D eigenvalue weighted by Gasteiger charge is -2.56. The fourth-order valence-corrected chi connectivity index (χ4v) is 7.48. The van der Waals surface area contributed by atoms with Gasteiger partial charge in [0.05, 0.1) is 0 Å². The molecule has 4 bridgehead atoms. The van der Waals surface area contributed by atoms with E-state index in [2.05, 4.69) is 27.2 Å². The van der Waals surface area contributed by atoms with Crippen molar-refractivity contribution in [3.63, 3.8) is 0 Å². The summed E-state index contributed by atoms with van der Waals surface area (Å²) in [5.74, 6) is 3.72. The summed E-state index contributed by atoms with van der Waals surface area (Å²) in [5.41, 5.74) is 2.49. The lowest BCUT2D eigenvalue weighted by molar-refractivity contribution is -0.0533. The molecule has 2 heterocycles. The Morgan fingerprint density at radius 2 is 1.91 bits per heavy atom. The predicted molar refractivity (Wildman–Crippen MR) is 119 cm³/mol. The summed E-state index contributed by atoms with van der Waals surface area (Å²) in [5, 5.41) is 17.5. The Morgan fingerprint density at radius 1 is 1.22 bits per heavy atom. The number of nitrogens with one attached hydrogen (secondary N) is 1. The van der Waals surface area contributed by atoms with Crippen molar-refractivity contribution in [2.75, 3.05) is 0 Å². The summed E-state index contributed by atoms with van der Waals surface area (Å²) >= 11 is 0. The van der Waals surface area contributed by atoms with Crippen LogP contribution < -0.4 is 5.32 Å². The third-order valence-electron chi connectivity index (χ3n) is 8.18. The highest BCUT2D eigenvalue weighted by Gasteiger charge is 2.51. The zero-order valence-corrected chi connectivity index (χ0v) is 18.5. The van der Waals surface area contributed by atoms with Crippen molar-refractivity contribution in [2.45, 2.75) is 57.4 Å². The molecular formula is C25H30N4O3. The molecule has 168 valence electrons. The van der Waals surface area contributed by atoms with Gasteiger partial charge in [-0.3, -0.25) is 0 Å². The Morgan fingerprint density at radius 3 is 2.59 bits per heavy atom. The second kappa shape index (κ2) is 7.36. The van der Waals surface area contributed by atoms with Crippen LogP contribution in [0, 0.1) is 23.2 Å². The molecule has 4 saturated carbocycles. The fraction of sp³-hybridized carbons (Fsp3) is 0.560. The third-order valence-corrected chi connectivity index (χ3v) is 8.18. The zero-order chi connectivity index (χ0) is 21.9. The molecule has 4 fully saturated rings. The average Bonchev–Trinajstić information content (AvgIpc) is 3.31. The number of hydrogen-bond acceptors (Lipinski definition) is 4. The van der Waals surface area contributed by atoms with Gasteiger partial charge in [-0.05, 0) is 73.3 Å². The van der Waals surface area contributed by atoms with E-state index in [1.165, 1.54) is 38.5 Å². The number of rotatable bonds is 6. The number of amides is 1. The van der Waals surface area contributed by atoms with E-state index in [9.17, 15) is 9.90 Å². The van der Waals surface area contributed by atoms with Crippen LogP contribution in [0.2, 0.25) is 0 Å². The van der Waals surface area contributed by atoms with Crippen molar-refractivity contribution in [3.8, 4) is 0 Å². The van der Waals surface area contributed by atoms with Crippen molar-refractivity contribution in [1.29, 1.82) is 0 Å². The van der Waals surface area contributed by atoms with Gasteiger partial charge in [-0.25, -0.2) is 4.79 Å². The van der Waals surface area contributed by atoms with E-state index in [4.69, 9.17) is 9.51 Å². The molecule has 4 aliphatic carbocycles. The number of para-hydroxylation sites is 1. The largest absolute Gasteiger partial charge is 0.465 e. The number of carboxylic acid groups (broad SMARTS) is 1. The summed E-state index contributed by atoms with van der Waals surface area (Å²) in [7, 11) is 2.00. The fourth-order valence-electron chi connectivity index (χ4n) is 7.48. The Hall–Kier alpha value is -2.83. The molecule has 1 amide bonds. The van der Waals surface area contributed by atoms with E-state index in [-0.39, 0.29) is 0 Å². The minimum atomic E-state index is -1.09. The van der Waals surface area contributed by atoms with Crippen molar-refractivity contribution >= 4 is 17.0 Å². The number of nitrogens with zero attached hydrogens (tertiary/aromatic N) is 3. The predicted octanol–water partition coefficient (Wildman–Crippen LogP) is 4.87. The van der Waals surface area contributed by atoms with Crippen LogP contribution in [0.5, 0.6) is 0 Å². The Bertz CT molecular complexity index is 1130. The maximum Gasteiger partial charge on any atom is 0.405 e. The van der Waals surface area contributed by atoms with Crippen LogP contribution in [0.15, 0.2) is 35.0 Å². The molecule has 7 rings (SSSR count). The molecule has 32 heavy (non-hydrogen) atoms. The molecule has 1 aromatic carbocycles. The van der Waals surface area contributed by atoms with E-state index in [0.717, 1.165) is 46.5 Å². The van der Waals surface area contributed by atoms with Gasteiger partial charge < -0.3 is 19.5 Å². The standard InChI is InChI=1S/C25H30N4O3/c1-29-14-18(19-4-2-3-5-21(19)29)9-20(26-24(30)31)23-27-22(28-32-23)13-25-10-15-6-16(11-25)8-17(7-15)12-25/h2-5,14-17,20,26H,6-13H2,1H3,(H,30,31). The number of hydrogen-bond donors (Lipinski definition) is 2. The molecule has 3 aromatic rings. The van der Waals surface area contributed by atoms with Gasteiger partial charge in [-0.2, -0.15) is 4.98 Å². The highest BCUT2D eigenvalue weighted by Crippen LogP contribution is 2.60. The van der Waals surface area contributed by atoms with Gasteiger partial charge >= 0.3 is 6.09 Å². The lowest BCUT2D eigenvalue weighted by Crippen LogP contribution is -2.47. The highest BCUT2D eigenvalue weighted by molar-refractivity contribution is 5.84. The first kappa shape index (κ1) is 19.8. The molecule has 1 atom stereocenters. The number of aromatic nitrogens is 3. The number of carbonyl (C=O) groups is 1. The van der Waals surface area contributed by atoms with Crippen LogP contribution in [0.1, 0.15) is 61.8 Å². The second-order valence-corrected chi connectivity index (χ2v) is 10.6. The first-order valence-corrected chi connectivity index (χ1v) is 11.8. The first-order valence-electron chi connectivity index (χ1n) is 11.8. The monoisotopic (exact) mass is 434 g/mol. The molecule has 0 aliphatic heterocycles. The van der Waals surface area contributed by atoms with Gasteiger partial charge in [-0.15, -0.1) is 0 Å². The topological polar surface area (TPSA) is 93.2 Å². The molecule has 1 unspecified atom stereocenters. The van der Waals surface area contributed by atoms with E-state index in [0.29, 0.717) is 17.7 Å². The summed E-state index contributed by atoms with van der Waals surface area (Å²) in [6, 6.07) is 7.56.